The predicted molar refractivity (Wildman–Crippen MR) is 63.7 cm³/mol. The van der Waals surface area contributed by atoms with E-state index in [1.807, 2.05) is 11.8 Å². The minimum absolute atomic E-state index is 0.360. The molecule has 0 saturated carbocycles. The maximum absolute atomic E-state index is 12.1. The fraction of sp³-hybridized carbons (Fsp3) is 0.917. The topological polar surface area (TPSA) is 17.1 Å². The van der Waals surface area contributed by atoms with Crippen LogP contribution >= 0.6 is 11.8 Å². The molecule has 0 radical (unpaired) electrons. The van der Waals surface area contributed by atoms with Gasteiger partial charge >= 0.3 is 0 Å². The van der Waals surface area contributed by atoms with Gasteiger partial charge in [-0.15, -0.1) is 0 Å². The van der Waals surface area contributed by atoms with Crippen molar-refractivity contribution in [1.29, 1.82) is 0 Å². The fourth-order valence-corrected chi connectivity index (χ4v) is 3.32. The van der Waals surface area contributed by atoms with Crippen molar-refractivity contribution in [3.8, 4) is 0 Å². The Morgan fingerprint density at radius 3 is 2.79 bits per heavy atom. The van der Waals surface area contributed by atoms with Gasteiger partial charge in [0.25, 0.3) is 0 Å². The summed E-state index contributed by atoms with van der Waals surface area (Å²) >= 11 is 1.94. The molecule has 0 amide bonds. The molecule has 2 unspecified atom stereocenters. The van der Waals surface area contributed by atoms with E-state index in [0.29, 0.717) is 17.6 Å². The number of thioether (sulfide) groups is 1. The minimum Gasteiger partial charge on any atom is -0.299 e. The van der Waals surface area contributed by atoms with E-state index in [9.17, 15) is 4.79 Å². The zero-order chi connectivity index (χ0) is 10.4. The Bertz CT molecular complexity index is 173. The summed E-state index contributed by atoms with van der Waals surface area (Å²) in [7, 11) is 0. The highest BCUT2D eigenvalue weighted by atomic mass is 32.2. The number of hydrogen-bond acceptors (Lipinski definition) is 2. The highest BCUT2D eigenvalue weighted by molar-refractivity contribution is 7.99. The first kappa shape index (κ1) is 12.1. The summed E-state index contributed by atoms with van der Waals surface area (Å²) < 4.78 is 0. The molecule has 1 nitrogen and oxygen atoms in total. The molecule has 1 heterocycles. The average molecular weight is 214 g/mol. The first-order valence-corrected chi connectivity index (χ1v) is 7.06. The highest BCUT2D eigenvalue weighted by Crippen LogP contribution is 2.28. The summed E-state index contributed by atoms with van der Waals surface area (Å²) in [4.78, 5) is 12.1. The SMILES string of the molecule is CCCCC(CC)C(=O)C1CCSC1. The van der Waals surface area contributed by atoms with Gasteiger partial charge in [-0.1, -0.05) is 26.7 Å². The lowest BCUT2D eigenvalue weighted by molar-refractivity contribution is -0.126. The van der Waals surface area contributed by atoms with Crippen LogP contribution in [-0.2, 0) is 4.79 Å². The number of rotatable bonds is 6. The van der Waals surface area contributed by atoms with E-state index in [0.717, 1.165) is 25.0 Å². The van der Waals surface area contributed by atoms with Gasteiger partial charge in [0.2, 0.25) is 0 Å². The molecular formula is C12H22OS. The van der Waals surface area contributed by atoms with Crippen molar-refractivity contribution >= 4 is 17.5 Å². The molecule has 0 spiro atoms. The van der Waals surface area contributed by atoms with Gasteiger partial charge in [-0.25, -0.2) is 0 Å². The number of carbonyl (C=O) groups is 1. The average Bonchev–Trinajstić information content (AvgIpc) is 2.71. The quantitative estimate of drug-likeness (QED) is 0.673. The molecule has 14 heavy (non-hydrogen) atoms. The molecule has 1 saturated heterocycles. The minimum atomic E-state index is 0.360. The third-order valence-electron chi connectivity index (χ3n) is 3.13. The van der Waals surface area contributed by atoms with Crippen LogP contribution in [0.1, 0.15) is 46.0 Å². The molecule has 0 N–H and O–H groups in total. The van der Waals surface area contributed by atoms with E-state index < -0.39 is 0 Å². The summed E-state index contributed by atoms with van der Waals surface area (Å²) in [6, 6.07) is 0. The molecule has 0 aromatic heterocycles. The summed E-state index contributed by atoms with van der Waals surface area (Å²) in [6.07, 6.45) is 5.71. The molecule has 0 aliphatic carbocycles. The van der Waals surface area contributed by atoms with E-state index in [2.05, 4.69) is 13.8 Å². The second-order valence-electron chi connectivity index (χ2n) is 4.21. The summed E-state index contributed by atoms with van der Waals surface area (Å²) in [5.41, 5.74) is 0. The Balaban J connectivity index is 2.37. The van der Waals surface area contributed by atoms with Gasteiger partial charge in [-0.3, -0.25) is 4.79 Å². The van der Waals surface area contributed by atoms with Crippen molar-refractivity contribution in [3.63, 3.8) is 0 Å². The van der Waals surface area contributed by atoms with Gasteiger partial charge in [0.15, 0.2) is 0 Å². The van der Waals surface area contributed by atoms with Crippen LogP contribution in [0, 0.1) is 11.8 Å². The molecule has 0 aromatic carbocycles. The van der Waals surface area contributed by atoms with Crippen LogP contribution in [-0.4, -0.2) is 17.3 Å². The lowest BCUT2D eigenvalue weighted by Crippen LogP contribution is -2.23. The lowest BCUT2D eigenvalue weighted by Gasteiger charge is -2.16. The monoisotopic (exact) mass is 214 g/mol. The van der Waals surface area contributed by atoms with Crippen molar-refractivity contribution < 1.29 is 4.79 Å². The van der Waals surface area contributed by atoms with Crippen LogP contribution in [0.2, 0.25) is 0 Å². The third kappa shape index (κ3) is 3.30. The summed E-state index contributed by atoms with van der Waals surface area (Å²) in [5.74, 6) is 3.59. The number of unbranched alkanes of at least 4 members (excludes halogenated alkanes) is 1. The van der Waals surface area contributed by atoms with Crippen molar-refractivity contribution in [2.45, 2.75) is 46.0 Å². The van der Waals surface area contributed by atoms with Crippen molar-refractivity contribution in [2.75, 3.05) is 11.5 Å². The number of ketones is 1. The van der Waals surface area contributed by atoms with E-state index in [1.54, 1.807) is 0 Å². The molecule has 1 rings (SSSR count). The van der Waals surface area contributed by atoms with Gasteiger partial charge in [0.05, 0.1) is 0 Å². The number of Topliss-reactive ketones (excluding diaryl/α,β-unsaturated/α-hetero) is 1. The second-order valence-corrected chi connectivity index (χ2v) is 5.36. The van der Waals surface area contributed by atoms with Crippen LogP contribution in [0.15, 0.2) is 0 Å². The Hall–Kier alpha value is 0.0200. The normalized spacial score (nSPS) is 23.7. The fourth-order valence-electron chi connectivity index (χ4n) is 2.09. The van der Waals surface area contributed by atoms with Crippen molar-refractivity contribution in [1.82, 2.24) is 0 Å². The van der Waals surface area contributed by atoms with E-state index >= 15 is 0 Å². The number of carbonyl (C=O) groups excluding carboxylic acids is 1. The van der Waals surface area contributed by atoms with E-state index in [1.165, 1.54) is 18.6 Å². The predicted octanol–water partition coefficient (Wildman–Crippen LogP) is 3.53. The summed E-state index contributed by atoms with van der Waals surface area (Å²) in [6.45, 7) is 4.35. The maximum atomic E-state index is 12.1. The lowest BCUT2D eigenvalue weighted by atomic mass is 9.87. The second kappa shape index (κ2) is 6.49. The molecule has 0 aromatic rings. The zero-order valence-corrected chi connectivity index (χ0v) is 10.2. The Kier molecular flexibility index (Phi) is 5.61. The van der Waals surface area contributed by atoms with Crippen LogP contribution in [0.3, 0.4) is 0 Å². The van der Waals surface area contributed by atoms with Gasteiger partial charge in [0, 0.05) is 17.6 Å². The third-order valence-corrected chi connectivity index (χ3v) is 4.30. The molecule has 82 valence electrons. The first-order chi connectivity index (χ1) is 6.79. The van der Waals surface area contributed by atoms with Crippen molar-refractivity contribution in [3.05, 3.63) is 0 Å². The Labute approximate surface area is 92.0 Å². The van der Waals surface area contributed by atoms with Crippen LogP contribution in [0.25, 0.3) is 0 Å². The number of hydrogen-bond donors (Lipinski definition) is 0. The molecule has 0 bridgehead atoms. The molecule has 1 aliphatic heterocycles. The van der Waals surface area contributed by atoms with Gasteiger partial charge in [0.1, 0.15) is 5.78 Å². The largest absolute Gasteiger partial charge is 0.299 e. The van der Waals surface area contributed by atoms with Crippen LogP contribution in [0.4, 0.5) is 0 Å². The first-order valence-electron chi connectivity index (χ1n) is 5.91. The molecule has 1 aliphatic rings. The maximum Gasteiger partial charge on any atom is 0.139 e. The molecule has 2 atom stereocenters. The zero-order valence-electron chi connectivity index (χ0n) is 9.42. The van der Waals surface area contributed by atoms with E-state index in [4.69, 9.17) is 0 Å². The highest BCUT2D eigenvalue weighted by Gasteiger charge is 2.27. The van der Waals surface area contributed by atoms with Gasteiger partial charge < -0.3 is 0 Å². The Morgan fingerprint density at radius 1 is 1.50 bits per heavy atom. The summed E-state index contributed by atoms with van der Waals surface area (Å²) in [5, 5.41) is 0. The van der Waals surface area contributed by atoms with Gasteiger partial charge in [-0.2, -0.15) is 11.8 Å². The van der Waals surface area contributed by atoms with Crippen LogP contribution < -0.4 is 0 Å². The van der Waals surface area contributed by atoms with Crippen LogP contribution in [0.5, 0.6) is 0 Å². The van der Waals surface area contributed by atoms with E-state index in [-0.39, 0.29) is 0 Å². The molecule has 2 heteroatoms. The molecule has 1 fully saturated rings. The smallest absolute Gasteiger partial charge is 0.139 e. The Morgan fingerprint density at radius 2 is 2.29 bits per heavy atom. The van der Waals surface area contributed by atoms with Gasteiger partial charge in [-0.05, 0) is 25.0 Å². The standard InChI is InChI=1S/C12H22OS/c1-3-5-6-10(4-2)12(13)11-7-8-14-9-11/h10-11H,3-9H2,1-2H3. The molecular weight excluding hydrogens is 192 g/mol. The van der Waals surface area contributed by atoms with Crippen molar-refractivity contribution in [2.24, 2.45) is 11.8 Å².